The maximum atomic E-state index is 12.9. The van der Waals surface area contributed by atoms with E-state index in [0.29, 0.717) is 39.4 Å². The molecule has 148 valence electrons. The molecular weight excluding hydrogens is 418 g/mol. The molecule has 2 fully saturated rings. The molecule has 2 aromatic rings. The number of anilines is 1. The lowest BCUT2D eigenvalue weighted by molar-refractivity contribution is -0.111. The van der Waals surface area contributed by atoms with Gasteiger partial charge in [0.1, 0.15) is 4.34 Å². The normalized spacial score (nSPS) is 18.4. The first kappa shape index (κ1) is 19.5. The van der Waals surface area contributed by atoms with Gasteiger partial charge in [0.25, 0.3) is 5.91 Å². The van der Waals surface area contributed by atoms with E-state index in [1.807, 2.05) is 6.08 Å². The van der Waals surface area contributed by atoms with Gasteiger partial charge in [-0.15, -0.1) is 0 Å². The number of nitrogens with zero attached hydrogens (tertiary/aromatic N) is 2. The highest BCUT2D eigenvalue weighted by Crippen LogP contribution is 2.34. The monoisotopic (exact) mass is 437 g/mol. The summed E-state index contributed by atoms with van der Waals surface area (Å²) in [5.41, 5.74) is 1.09. The van der Waals surface area contributed by atoms with E-state index < -0.39 is 9.84 Å². The summed E-state index contributed by atoms with van der Waals surface area (Å²) in [6.07, 6.45) is 10.7. The first-order valence-corrected chi connectivity index (χ1v) is 12.0. The predicted octanol–water partition coefficient (Wildman–Crippen LogP) is 4.34. The fraction of sp³-hybridized carbons (Fsp3) is 0.421. The number of thiazole rings is 1. The Morgan fingerprint density at radius 2 is 1.89 bits per heavy atom. The van der Waals surface area contributed by atoms with E-state index in [4.69, 9.17) is 11.6 Å². The molecule has 2 aromatic heterocycles. The Balaban J connectivity index is 1.62. The summed E-state index contributed by atoms with van der Waals surface area (Å²) in [4.78, 5) is 21.1. The maximum Gasteiger partial charge on any atom is 0.257 e. The number of carbonyl (C=O) groups is 1. The molecule has 0 spiro atoms. The third-order valence-corrected chi connectivity index (χ3v) is 8.25. The van der Waals surface area contributed by atoms with Crippen molar-refractivity contribution >= 4 is 49.4 Å². The molecular formula is C19H20ClN3O3S2. The summed E-state index contributed by atoms with van der Waals surface area (Å²) >= 11 is 7.08. The Hall–Kier alpha value is -1.77. The second kappa shape index (κ2) is 7.93. The third kappa shape index (κ3) is 4.29. The summed E-state index contributed by atoms with van der Waals surface area (Å²) < 4.78 is 25.2. The first-order valence-electron chi connectivity index (χ1n) is 9.28. The number of rotatable bonds is 6. The second-order valence-electron chi connectivity index (χ2n) is 7.18. The first-order chi connectivity index (χ1) is 13.4. The van der Waals surface area contributed by atoms with E-state index in [9.17, 15) is 13.2 Å². The van der Waals surface area contributed by atoms with Crippen LogP contribution in [0.4, 0.5) is 5.13 Å². The number of carbonyl (C=O) groups excluding carboxylic acids is 1. The topological polar surface area (TPSA) is 89.0 Å². The van der Waals surface area contributed by atoms with Crippen LogP contribution >= 0.6 is 22.9 Å². The highest BCUT2D eigenvalue weighted by Gasteiger charge is 2.37. The molecule has 1 amide bonds. The van der Waals surface area contributed by atoms with Gasteiger partial charge in [-0.05, 0) is 43.7 Å². The summed E-state index contributed by atoms with van der Waals surface area (Å²) in [5.74, 6) is 0.0352. The van der Waals surface area contributed by atoms with Gasteiger partial charge in [-0.2, -0.15) is 0 Å². The lowest BCUT2D eigenvalue weighted by Crippen LogP contribution is -2.15. The van der Waals surface area contributed by atoms with Crippen LogP contribution in [0, 0.1) is 5.92 Å². The lowest BCUT2D eigenvalue weighted by Gasteiger charge is -2.11. The van der Waals surface area contributed by atoms with Gasteiger partial charge < -0.3 is 0 Å². The highest BCUT2D eigenvalue weighted by atomic mass is 35.5. The van der Waals surface area contributed by atoms with E-state index in [2.05, 4.69) is 15.3 Å². The van der Waals surface area contributed by atoms with Gasteiger partial charge in [-0.1, -0.05) is 41.9 Å². The summed E-state index contributed by atoms with van der Waals surface area (Å²) in [7, 11) is -3.35. The molecule has 0 radical (unpaired) electrons. The van der Waals surface area contributed by atoms with Crippen LogP contribution in [0.3, 0.4) is 0 Å². The number of sulfone groups is 1. The van der Waals surface area contributed by atoms with Gasteiger partial charge in [0.15, 0.2) is 20.0 Å². The lowest BCUT2D eigenvalue weighted by atomic mass is 9.99. The maximum absolute atomic E-state index is 12.9. The van der Waals surface area contributed by atoms with Crippen molar-refractivity contribution in [2.75, 3.05) is 5.32 Å². The second-order valence-corrected chi connectivity index (χ2v) is 11.0. The molecule has 0 saturated heterocycles. The van der Waals surface area contributed by atoms with Crippen molar-refractivity contribution in [3.63, 3.8) is 0 Å². The van der Waals surface area contributed by atoms with Crippen LogP contribution in [0.25, 0.3) is 5.57 Å². The van der Waals surface area contributed by atoms with Crippen LogP contribution in [0.1, 0.15) is 44.1 Å². The van der Waals surface area contributed by atoms with Gasteiger partial charge in [0.05, 0.1) is 11.4 Å². The third-order valence-electron chi connectivity index (χ3n) is 5.05. The Morgan fingerprint density at radius 1 is 1.14 bits per heavy atom. The number of hydrogen-bond donors (Lipinski definition) is 1. The van der Waals surface area contributed by atoms with Crippen LogP contribution in [-0.2, 0) is 14.6 Å². The van der Waals surface area contributed by atoms with E-state index in [-0.39, 0.29) is 16.2 Å². The van der Waals surface area contributed by atoms with Crippen molar-refractivity contribution in [1.29, 1.82) is 0 Å². The smallest absolute Gasteiger partial charge is 0.257 e. The van der Waals surface area contributed by atoms with Crippen LogP contribution in [0.15, 0.2) is 35.6 Å². The zero-order valence-electron chi connectivity index (χ0n) is 15.1. The number of aromatic nitrogens is 2. The summed E-state index contributed by atoms with van der Waals surface area (Å²) in [5, 5.41) is 2.97. The number of allylic oxidation sites excluding steroid dienone is 1. The molecule has 4 rings (SSSR count). The molecule has 2 aliphatic carbocycles. The zero-order chi connectivity index (χ0) is 19.7. The van der Waals surface area contributed by atoms with Crippen molar-refractivity contribution in [2.24, 2.45) is 5.92 Å². The predicted molar refractivity (Wildman–Crippen MR) is 110 cm³/mol. The van der Waals surface area contributed by atoms with Crippen molar-refractivity contribution < 1.29 is 13.2 Å². The Bertz CT molecular complexity index is 1010. The molecule has 0 aliphatic heterocycles. The molecule has 28 heavy (non-hydrogen) atoms. The van der Waals surface area contributed by atoms with Gasteiger partial charge >= 0.3 is 0 Å². The fourth-order valence-electron chi connectivity index (χ4n) is 3.40. The van der Waals surface area contributed by atoms with Crippen molar-refractivity contribution in [2.45, 2.75) is 48.8 Å². The van der Waals surface area contributed by atoms with Crippen LogP contribution in [0.2, 0.25) is 4.34 Å². The molecule has 9 heteroatoms. The number of hydrogen-bond acceptors (Lipinski definition) is 6. The van der Waals surface area contributed by atoms with Crippen molar-refractivity contribution in [3.8, 4) is 0 Å². The van der Waals surface area contributed by atoms with Gasteiger partial charge in [-0.3, -0.25) is 10.1 Å². The molecule has 1 N–H and O–H groups in total. The average Bonchev–Trinajstić information content (AvgIpc) is 3.29. The molecule has 6 nitrogen and oxygen atoms in total. The Labute approximate surface area is 173 Å². The van der Waals surface area contributed by atoms with E-state index in [1.165, 1.54) is 29.8 Å². The SMILES string of the molecule is O=C(Nc1ncc(Cl)s1)/C(=C/C1CCCC1)c1ccc(S(=O)(=O)C2CC2)nc1. The number of amides is 1. The van der Waals surface area contributed by atoms with E-state index in [0.717, 1.165) is 25.7 Å². The van der Waals surface area contributed by atoms with Gasteiger partial charge in [-0.25, -0.2) is 18.4 Å². The molecule has 2 heterocycles. The van der Waals surface area contributed by atoms with E-state index >= 15 is 0 Å². The number of pyridine rings is 1. The highest BCUT2D eigenvalue weighted by molar-refractivity contribution is 7.92. The quantitative estimate of drug-likeness (QED) is 0.679. The molecule has 0 atom stereocenters. The summed E-state index contributed by atoms with van der Waals surface area (Å²) in [6, 6.07) is 3.16. The molecule has 2 saturated carbocycles. The minimum atomic E-state index is -3.35. The number of nitrogens with one attached hydrogen (secondary N) is 1. The Kier molecular flexibility index (Phi) is 5.53. The average molecular weight is 438 g/mol. The largest absolute Gasteiger partial charge is 0.298 e. The number of halogens is 1. The van der Waals surface area contributed by atoms with Crippen LogP contribution in [-0.4, -0.2) is 29.5 Å². The molecule has 0 bridgehead atoms. The molecule has 0 aromatic carbocycles. The van der Waals surface area contributed by atoms with Crippen molar-refractivity contribution in [1.82, 2.24) is 9.97 Å². The molecule has 2 aliphatic rings. The summed E-state index contributed by atoms with van der Waals surface area (Å²) in [6.45, 7) is 0. The Morgan fingerprint density at radius 3 is 2.46 bits per heavy atom. The van der Waals surface area contributed by atoms with Crippen LogP contribution in [0.5, 0.6) is 0 Å². The van der Waals surface area contributed by atoms with Crippen molar-refractivity contribution in [3.05, 3.63) is 40.5 Å². The fourth-order valence-corrected chi connectivity index (χ4v) is 5.76. The molecule has 0 unspecified atom stereocenters. The van der Waals surface area contributed by atoms with Gasteiger partial charge in [0.2, 0.25) is 0 Å². The minimum Gasteiger partial charge on any atom is -0.298 e. The van der Waals surface area contributed by atoms with Crippen LogP contribution < -0.4 is 5.32 Å². The van der Waals surface area contributed by atoms with Gasteiger partial charge in [0, 0.05) is 17.3 Å². The standard InChI is InChI=1S/C19H20ClN3O3S2/c20-16-11-22-19(27-16)23-18(24)15(9-12-3-1-2-4-12)13-5-8-17(21-10-13)28(25,26)14-6-7-14/h5,8-12,14H,1-4,6-7H2,(H,22,23,24)/b15-9+. The minimum absolute atomic E-state index is 0.0751. The zero-order valence-corrected chi connectivity index (χ0v) is 17.5. The van der Waals surface area contributed by atoms with E-state index in [1.54, 1.807) is 6.07 Å².